The number of carbonyl (C=O) groups is 1. The molecule has 1 heterocycles. The Morgan fingerprint density at radius 1 is 0.420 bits per heavy atom. The molecule has 0 aliphatic carbocycles. The molecular weight excluding hydrogens is 1010 g/mol. The van der Waals surface area contributed by atoms with Crippen molar-refractivity contribution in [2.45, 2.75) is 390 Å². The second-order valence-corrected chi connectivity index (χ2v) is 24.6. The molecule has 0 aromatic rings. The third-order valence-electron chi connectivity index (χ3n) is 16.9. The number of ether oxygens (including phenoxy) is 2. The average molecular weight is 1150 g/mol. The summed E-state index contributed by atoms with van der Waals surface area (Å²) < 4.78 is 11.2. The molecule has 9 unspecified atom stereocenters. The van der Waals surface area contributed by atoms with Crippen LogP contribution in [0.2, 0.25) is 0 Å². The van der Waals surface area contributed by atoms with Gasteiger partial charge in [0.05, 0.1) is 25.4 Å². The van der Waals surface area contributed by atoms with Gasteiger partial charge in [0, 0.05) is 0 Å². The van der Waals surface area contributed by atoms with Crippen molar-refractivity contribution < 1.29 is 50.0 Å². The number of amides is 1. The number of hydrogen-bond acceptors (Lipinski definition) is 10. The lowest BCUT2D eigenvalue weighted by atomic mass is 9.98. The van der Waals surface area contributed by atoms with Crippen LogP contribution in [0.3, 0.4) is 0 Å². The van der Waals surface area contributed by atoms with Crippen molar-refractivity contribution in [3.8, 4) is 0 Å². The van der Waals surface area contributed by atoms with Crippen molar-refractivity contribution in [1.29, 1.82) is 0 Å². The van der Waals surface area contributed by atoms with E-state index in [-0.39, 0.29) is 12.8 Å². The molecule has 0 bridgehead atoms. The van der Waals surface area contributed by atoms with Gasteiger partial charge in [0.1, 0.15) is 36.6 Å². The average Bonchev–Trinajstić information content (AvgIpc) is 3.49. The number of nitrogens with one attached hydrogen (secondary N) is 1. The minimum atomic E-state index is -1.67. The highest BCUT2D eigenvalue weighted by molar-refractivity contribution is 5.80. The highest BCUT2D eigenvalue weighted by Gasteiger charge is 2.44. The first-order valence-electron chi connectivity index (χ1n) is 34.9. The van der Waals surface area contributed by atoms with Crippen molar-refractivity contribution in [3.05, 3.63) is 36.5 Å². The predicted molar refractivity (Wildman–Crippen MR) is 339 cm³/mol. The zero-order chi connectivity index (χ0) is 58.9. The molecule has 1 fully saturated rings. The Bertz CT molecular complexity index is 1410. The van der Waals surface area contributed by atoms with Crippen LogP contribution < -0.4 is 5.32 Å². The van der Waals surface area contributed by atoms with Gasteiger partial charge in [-0.25, -0.2) is 0 Å². The highest BCUT2D eigenvalue weighted by atomic mass is 16.7. The summed E-state index contributed by atoms with van der Waals surface area (Å²) in [5, 5.41) is 76.4. The van der Waals surface area contributed by atoms with Crippen LogP contribution in [0, 0.1) is 0 Å². The summed E-state index contributed by atoms with van der Waals surface area (Å²) in [5.74, 6) is -0.706. The molecule has 1 aliphatic heterocycles. The second kappa shape index (κ2) is 58.7. The summed E-state index contributed by atoms with van der Waals surface area (Å²) in [6.07, 6.45) is 63.7. The molecule has 0 aromatic heterocycles. The Labute approximate surface area is 498 Å². The fourth-order valence-electron chi connectivity index (χ4n) is 11.3. The number of rotatable bonds is 61. The molecule has 1 rings (SSSR count). The number of aliphatic hydroxyl groups excluding tert-OH is 7. The number of aliphatic hydroxyl groups is 7. The number of unbranched alkanes of at least 4 members (excludes halogenated alkanes) is 43. The van der Waals surface area contributed by atoms with Crippen LogP contribution in [0.1, 0.15) is 335 Å². The van der Waals surface area contributed by atoms with E-state index in [0.29, 0.717) is 19.3 Å². The lowest BCUT2D eigenvalue weighted by molar-refractivity contribution is -0.303. The van der Waals surface area contributed by atoms with Gasteiger partial charge in [0.25, 0.3) is 0 Å². The van der Waals surface area contributed by atoms with Gasteiger partial charge in [0.2, 0.25) is 5.91 Å². The largest absolute Gasteiger partial charge is 0.394 e. The summed E-state index contributed by atoms with van der Waals surface area (Å²) in [5.41, 5.74) is 0. The summed E-state index contributed by atoms with van der Waals surface area (Å²) in [6, 6.07) is -1.19. The molecule has 1 aliphatic rings. The van der Waals surface area contributed by atoms with Crippen LogP contribution in [0.4, 0.5) is 0 Å². The Morgan fingerprint density at radius 3 is 1.10 bits per heavy atom. The third-order valence-corrected chi connectivity index (χ3v) is 16.9. The molecule has 1 saturated heterocycles. The van der Waals surface area contributed by atoms with Crippen molar-refractivity contribution in [3.63, 3.8) is 0 Å². The van der Waals surface area contributed by atoms with Gasteiger partial charge in [0.15, 0.2) is 6.29 Å². The van der Waals surface area contributed by atoms with Crippen LogP contribution in [0.15, 0.2) is 36.5 Å². The van der Waals surface area contributed by atoms with E-state index in [0.717, 1.165) is 44.9 Å². The lowest BCUT2D eigenvalue weighted by Gasteiger charge is -2.40. The van der Waals surface area contributed by atoms with Crippen LogP contribution in [0.5, 0.6) is 0 Å². The Hall–Kier alpha value is -1.67. The zero-order valence-corrected chi connectivity index (χ0v) is 52.8. The monoisotopic (exact) mass is 1150 g/mol. The Balaban J connectivity index is 2.24. The summed E-state index contributed by atoms with van der Waals surface area (Å²) in [6.45, 7) is 3.49. The van der Waals surface area contributed by atoms with E-state index in [1.807, 2.05) is 0 Å². The molecule has 0 spiro atoms. The summed E-state index contributed by atoms with van der Waals surface area (Å²) in [7, 11) is 0. The molecule has 11 heteroatoms. The molecule has 478 valence electrons. The number of hydrogen-bond donors (Lipinski definition) is 8. The van der Waals surface area contributed by atoms with E-state index < -0.39 is 74.2 Å². The molecule has 8 N–H and O–H groups in total. The maximum absolute atomic E-state index is 13.2. The highest BCUT2D eigenvalue weighted by Crippen LogP contribution is 2.24. The van der Waals surface area contributed by atoms with E-state index in [4.69, 9.17) is 9.47 Å². The Morgan fingerprint density at radius 2 is 0.741 bits per heavy atom. The molecule has 1 amide bonds. The van der Waals surface area contributed by atoms with Gasteiger partial charge >= 0.3 is 0 Å². The standard InChI is InChI=1S/C70H133NO10/c1-3-5-7-9-11-13-15-17-19-21-23-25-27-29-31-32-34-36-38-40-42-44-46-48-50-52-54-56-58-63(74)69(79)71-61(60-80-70-68(78)67(77)66(76)64(59-72)81-70)65(75)62(73)57-55-53-51-49-47-45-43-41-39-37-35-33-30-28-26-24-22-20-18-16-14-12-10-8-6-4-2/h33,35,41,43,49,51,61-68,70,72-78H,3-32,34,36-40,42,44-48,50,52-60H2,1-2H3,(H,71,79)/b35-33+,43-41+,51-49+. The van der Waals surface area contributed by atoms with Crippen molar-refractivity contribution in [2.24, 2.45) is 0 Å². The zero-order valence-electron chi connectivity index (χ0n) is 52.8. The fraction of sp³-hybridized carbons (Fsp3) is 0.900. The van der Waals surface area contributed by atoms with E-state index in [1.165, 1.54) is 244 Å². The predicted octanol–water partition coefficient (Wildman–Crippen LogP) is 16.6. The first-order chi connectivity index (χ1) is 39.7. The van der Waals surface area contributed by atoms with E-state index in [1.54, 1.807) is 0 Å². The van der Waals surface area contributed by atoms with Gasteiger partial charge in [-0.3, -0.25) is 4.79 Å². The first-order valence-corrected chi connectivity index (χ1v) is 34.9. The smallest absolute Gasteiger partial charge is 0.249 e. The molecule has 81 heavy (non-hydrogen) atoms. The lowest BCUT2D eigenvalue weighted by Crippen LogP contribution is -2.60. The summed E-state index contributed by atoms with van der Waals surface area (Å²) in [4.78, 5) is 13.2. The SMILES string of the molecule is CCCCCCCCCCCCCCC/C=C/CC/C=C/CC/C=C/CCCC(O)C(O)C(COC1OC(CO)C(O)C(O)C1O)NC(=O)C(O)CCCCCCCCCCCCCCCCCCCCCCCCCCCCCC. The number of allylic oxidation sites excluding steroid dienone is 6. The minimum absolute atomic E-state index is 0.243. The van der Waals surface area contributed by atoms with Gasteiger partial charge < -0.3 is 50.5 Å². The maximum Gasteiger partial charge on any atom is 0.249 e. The van der Waals surface area contributed by atoms with Crippen molar-refractivity contribution >= 4 is 5.91 Å². The molecule has 11 nitrogen and oxygen atoms in total. The van der Waals surface area contributed by atoms with Gasteiger partial charge in [-0.2, -0.15) is 0 Å². The van der Waals surface area contributed by atoms with Gasteiger partial charge in [-0.15, -0.1) is 0 Å². The fourth-order valence-corrected chi connectivity index (χ4v) is 11.3. The van der Waals surface area contributed by atoms with Crippen LogP contribution in [0.25, 0.3) is 0 Å². The second-order valence-electron chi connectivity index (χ2n) is 24.6. The molecular formula is C70H133NO10. The van der Waals surface area contributed by atoms with Gasteiger partial charge in [-0.1, -0.05) is 307 Å². The quantitative estimate of drug-likeness (QED) is 0.0215. The van der Waals surface area contributed by atoms with E-state index in [2.05, 4.69) is 55.6 Å². The number of carbonyl (C=O) groups excluding carboxylic acids is 1. The van der Waals surface area contributed by atoms with Crippen LogP contribution >= 0.6 is 0 Å². The molecule has 9 atom stereocenters. The van der Waals surface area contributed by atoms with E-state index in [9.17, 15) is 40.5 Å². The van der Waals surface area contributed by atoms with Crippen molar-refractivity contribution in [1.82, 2.24) is 5.32 Å². The van der Waals surface area contributed by atoms with E-state index >= 15 is 0 Å². The maximum atomic E-state index is 13.2. The van der Waals surface area contributed by atoms with Crippen LogP contribution in [-0.4, -0.2) is 110 Å². The normalized spacial score (nSPS) is 19.3. The van der Waals surface area contributed by atoms with Crippen LogP contribution in [-0.2, 0) is 14.3 Å². The molecule has 0 saturated carbocycles. The Kier molecular flexibility index (Phi) is 56.0. The first kappa shape index (κ1) is 77.3. The molecule has 0 aromatic carbocycles. The van der Waals surface area contributed by atoms with Gasteiger partial charge in [-0.05, 0) is 64.2 Å². The summed E-state index contributed by atoms with van der Waals surface area (Å²) >= 11 is 0. The topological polar surface area (TPSA) is 189 Å². The molecule has 0 radical (unpaired) electrons. The third kappa shape index (κ3) is 46.3. The van der Waals surface area contributed by atoms with Crippen molar-refractivity contribution in [2.75, 3.05) is 13.2 Å². The minimum Gasteiger partial charge on any atom is -0.394 e.